The van der Waals surface area contributed by atoms with E-state index in [-0.39, 0.29) is 5.92 Å². The second-order valence-electron chi connectivity index (χ2n) is 5.91. The molecule has 1 aromatic rings. The van der Waals surface area contributed by atoms with Gasteiger partial charge < -0.3 is 10.5 Å². The zero-order valence-corrected chi connectivity index (χ0v) is 13.6. The van der Waals surface area contributed by atoms with Gasteiger partial charge in [-0.15, -0.1) is 0 Å². The van der Waals surface area contributed by atoms with Crippen LogP contribution in [0.15, 0.2) is 6.33 Å². The Morgan fingerprint density at radius 1 is 1.10 bits per heavy atom. The quantitative estimate of drug-likeness (QED) is 0.832. The summed E-state index contributed by atoms with van der Waals surface area (Å²) in [6, 6.07) is 0.997. The minimum Gasteiger partial charge on any atom is -0.476 e. The third-order valence-electron chi connectivity index (χ3n) is 3.37. The van der Waals surface area contributed by atoms with E-state index in [1.54, 1.807) is 0 Å². The third kappa shape index (κ3) is 4.34. The van der Waals surface area contributed by atoms with Gasteiger partial charge in [-0.1, -0.05) is 13.8 Å². The van der Waals surface area contributed by atoms with Crippen LogP contribution in [0, 0.1) is 0 Å². The molecule has 0 aromatic carbocycles. The molecular formula is C15H28N4O. The van der Waals surface area contributed by atoms with Crippen molar-refractivity contribution in [2.45, 2.75) is 59.5 Å². The molecular weight excluding hydrogens is 252 g/mol. The SMILES string of the molecule is CC(C)c1c(N)ncnc1OCCN(C(C)C)C(C)C. The Balaban J connectivity index is 2.69. The van der Waals surface area contributed by atoms with Crippen molar-refractivity contribution in [2.75, 3.05) is 18.9 Å². The van der Waals surface area contributed by atoms with E-state index in [0.717, 1.165) is 12.1 Å². The van der Waals surface area contributed by atoms with Crippen molar-refractivity contribution >= 4 is 5.82 Å². The van der Waals surface area contributed by atoms with E-state index in [2.05, 4.69) is 56.4 Å². The van der Waals surface area contributed by atoms with Crippen LogP contribution in [0.1, 0.15) is 53.0 Å². The molecule has 0 unspecified atom stereocenters. The Hall–Kier alpha value is -1.36. The van der Waals surface area contributed by atoms with Gasteiger partial charge in [0.1, 0.15) is 18.8 Å². The van der Waals surface area contributed by atoms with Crippen molar-refractivity contribution in [1.29, 1.82) is 0 Å². The molecule has 2 N–H and O–H groups in total. The minimum atomic E-state index is 0.248. The summed E-state index contributed by atoms with van der Waals surface area (Å²) in [5, 5.41) is 0. The molecule has 1 rings (SSSR count). The molecule has 0 aliphatic heterocycles. The van der Waals surface area contributed by atoms with Crippen molar-refractivity contribution in [3.8, 4) is 5.88 Å². The van der Waals surface area contributed by atoms with Crippen LogP contribution < -0.4 is 10.5 Å². The topological polar surface area (TPSA) is 64.3 Å². The van der Waals surface area contributed by atoms with Crippen LogP contribution in [-0.4, -0.2) is 40.1 Å². The molecule has 1 heterocycles. The number of nitrogen functional groups attached to an aromatic ring is 1. The van der Waals surface area contributed by atoms with Crippen LogP contribution in [0.2, 0.25) is 0 Å². The third-order valence-corrected chi connectivity index (χ3v) is 3.37. The van der Waals surface area contributed by atoms with Gasteiger partial charge >= 0.3 is 0 Å². The van der Waals surface area contributed by atoms with E-state index >= 15 is 0 Å². The second-order valence-corrected chi connectivity index (χ2v) is 5.91. The zero-order valence-electron chi connectivity index (χ0n) is 13.6. The van der Waals surface area contributed by atoms with Crippen LogP contribution in [0.3, 0.4) is 0 Å². The number of nitrogens with zero attached hydrogens (tertiary/aromatic N) is 3. The maximum Gasteiger partial charge on any atom is 0.222 e. The highest BCUT2D eigenvalue weighted by molar-refractivity contribution is 5.46. The second kappa shape index (κ2) is 7.43. The zero-order chi connectivity index (χ0) is 15.3. The summed E-state index contributed by atoms with van der Waals surface area (Å²) >= 11 is 0. The Labute approximate surface area is 122 Å². The van der Waals surface area contributed by atoms with Gasteiger partial charge in [0.15, 0.2) is 0 Å². The predicted molar refractivity (Wildman–Crippen MR) is 83.0 cm³/mol. The van der Waals surface area contributed by atoms with E-state index in [4.69, 9.17) is 10.5 Å². The van der Waals surface area contributed by atoms with Gasteiger partial charge in [0, 0.05) is 18.6 Å². The van der Waals surface area contributed by atoms with Crippen molar-refractivity contribution in [1.82, 2.24) is 14.9 Å². The lowest BCUT2D eigenvalue weighted by molar-refractivity contribution is 0.139. The van der Waals surface area contributed by atoms with E-state index in [0.29, 0.717) is 30.4 Å². The molecule has 0 fully saturated rings. The highest BCUT2D eigenvalue weighted by Gasteiger charge is 2.16. The first-order valence-corrected chi connectivity index (χ1v) is 7.33. The Bertz CT molecular complexity index is 410. The number of rotatable bonds is 7. The molecule has 0 saturated heterocycles. The van der Waals surface area contributed by atoms with E-state index in [1.807, 2.05) is 0 Å². The molecule has 20 heavy (non-hydrogen) atoms. The number of hydrogen-bond donors (Lipinski definition) is 1. The maximum atomic E-state index is 5.91. The lowest BCUT2D eigenvalue weighted by Crippen LogP contribution is -2.39. The minimum absolute atomic E-state index is 0.248. The van der Waals surface area contributed by atoms with E-state index in [9.17, 15) is 0 Å². The summed E-state index contributed by atoms with van der Waals surface area (Å²) in [4.78, 5) is 10.6. The summed E-state index contributed by atoms with van der Waals surface area (Å²) in [6.07, 6.45) is 1.46. The van der Waals surface area contributed by atoms with E-state index in [1.165, 1.54) is 6.33 Å². The smallest absolute Gasteiger partial charge is 0.222 e. The molecule has 5 nitrogen and oxygen atoms in total. The Morgan fingerprint density at radius 3 is 2.20 bits per heavy atom. The van der Waals surface area contributed by atoms with Gasteiger partial charge in [0.2, 0.25) is 5.88 Å². The van der Waals surface area contributed by atoms with Gasteiger partial charge in [-0.25, -0.2) is 9.97 Å². The lowest BCUT2D eigenvalue weighted by atomic mass is 10.1. The number of anilines is 1. The summed E-state index contributed by atoms with van der Waals surface area (Å²) in [5.41, 5.74) is 6.81. The van der Waals surface area contributed by atoms with Crippen molar-refractivity contribution in [3.63, 3.8) is 0 Å². The summed E-state index contributed by atoms with van der Waals surface area (Å²) in [7, 11) is 0. The highest BCUT2D eigenvalue weighted by Crippen LogP contribution is 2.27. The highest BCUT2D eigenvalue weighted by atomic mass is 16.5. The molecule has 0 spiro atoms. The number of nitrogens with two attached hydrogens (primary N) is 1. The van der Waals surface area contributed by atoms with Gasteiger partial charge in [-0.3, -0.25) is 4.90 Å². The van der Waals surface area contributed by atoms with Crippen molar-refractivity contribution in [3.05, 3.63) is 11.9 Å². The fourth-order valence-corrected chi connectivity index (χ4v) is 2.41. The average molecular weight is 280 g/mol. The molecule has 0 aliphatic carbocycles. The standard InChI is InChI=1S/C15H28N4O/c1-10(2)13-14(16)17-9-18-15(13)20-8-7-19(11(3)4)12(5)6/h9-12H,7-8H2,1-6H3,(H2,16,17,18). The molecule has 0 bridgehead atoms. The molecule has 0 atom stereocenters. The van der Waals surface area contributed by atoms with Gasteiger partial charge in [-0.2, -0.15) is 0 Å². The van der Waals surface area contributed by atoms with E-state index < -0.39 is 0 Å². The molecule has 0 radical (unpaired) electrons. The first-order chi connectivity index (χ1) is 9.34. The fraction of sp³-hybridized carbons (Fsp3) is 0.733. The number of ether oxygens (including phenoxy) is 1. The van der Waals surface area contributed by atoms with Crippen LogP contribution in [-0.2, 0) is 0 Å². The number of hydrogen-bond acceptors (Lipinski definition) is 5. The first-order valence-electron chi connectivity index (χ1n) is 7.33. The molecule has 5 heteroatoms. The van der Waals surface area contributed by atoms with Gasteiger partial charge in [0.05, 0.1) is 5.56 Å². The monoisotopic (exact) mass is 280 g/mol. The number of aromatic nitrogens is 2. The molecule has 0 saturated carbocycles. The Kier molecular flexibility index (Phi) is 6.20. The summed E-state index contributed by atoms with van der Waals surface area (Å²) < 4.78 is 5.84. The van der Waals surface area contributed by atoms with Crippen LogP contribution in [0.5, 0.6) is 5.88 Å². The van der Waals surface area contributed by atoms with Crippen LogP contribution in [0.25, 0.3) is 0 Å². The van der Waals surface area contributed by atoms with Crippen molar-refractivity contribution in [2.24, 2.45) is 0 Å². The summed E-state index contributed by atoms with van der Waals surface area (Å²) in [5.74, 6) is 1.37. The largest absolute Gasteiger partial charge is 0.476 e. The molecule has 0 aliphatic rings. The molecule has 114 valence electrons. The molecule has 1 aromatic heterocycles. The molecule has 0 amide bonds. The lowest BCUT2D eigenvalue weighted by Gasteiger charge is -2.30. The maximum absolute atomic E-state index is 5.91. The van der Waals surface area contributed by atoms with Crippen molar-refractivity contribution < 1.29 is 4.74 Å². The van der Waals surface area contributed by atoms with Gasteiger partial charge in [0.25, 0.3) is 0 Å². The normalized spacial score (nSPS) is 11.9. The first kappa shape index (κ1) is 16.7. The van der Waals surface area contributed by atoms with Crippen LogP contribution >= 0.6 is 0 Å². The average Bonchev–Trinajstić information content (AvgIpc) is 2.33. The Morgan fingerprint density at radius 2 is 1.70 bits per heavy atom. The fourth-order valence-electron chi connectivity index (χ4n) is 2.41. The van der Waals surface area contributed by atoms with Gasteiger partial charge in [-0.05, 0) is 33.6 Å². The summed E-state index contributed by atoms with van der Waals surface area (Å²) in [6.45, 7) is 14.4. The predicted octanol–water partition coefficient (Wildman–Crippen LogP) is 2.68. The van der Waals surface area contributed by atoms with Crippen LogP contribution in [0.4, 0.5) is 5.82 Å².